The van der Waals surface area contributed by atoms with Gasteiger partial charge in [-0.2, -0.15) is 0 Å². The Morgan fingerprint density at radius 1 is 1.13 bits per heavy atom. The largest absolute Gasteiger partial charge is 0.493 e. The summed E-state index contributed by atoms with van der Waals surface area (Å²) in [6, 6.07) is 12.8. The Balaban J connectivity index is 1.56. The fourth-order valence-corrected chi connectivity index (χ4v) is 4.07. The minimum absolute atomic E-state index is 0.109. The molecule has 8 heteroatoms. The Hall–Kier alpha value is -2.84. The second-order valence-electron chi connectivity index (χ2n) is 6.56. The van der Waals surface area contributed by atoms with Crippen LogP contribution in [0, 0.1) is 0 Å². The number of hydrogen-bond acceptors (Lipinski definition) is 6. The first kappa shape index (κ1) is 21.9. The van der Waals surface area contributed by atoms with Gasteiger partial charge in [-0.15, -0.1) is 0 Å². The quantitative estimate of drug-likeness (QED) is 0.523. The van der Waals surface area contributed by atoms with Crippen molar-refractivity contribution in [2.24, 2.45) is 0 Å². The summed E-state index contributed by atoms with van der Waals surface area (Å²) in [5.74, 6) is 1.08. The molecule has 2 amide bonds. The lowest BCUT2D eigenvalue weighted by Crippen LogP contribution is -2.25. The summed E-state index contributed by atoms with van der Waals surface area (Å²) in [5.41, 5.74) is 2.44. The zero-order valence-electron chi connectivity index (χ0n) is 16.9. The lowest BCUT2D eigenvalue weighted by atomic mass is 10.1. The van der Waals surface area contributed by atoms with Crippen LogP contribution in [0.4, 0.5) is 0 Å². The van der Waals surface area contributed by atoms with E-state index in [-0.39, 0.29) is 11.8 Å². The van der Waals surface area contributed by atoms with E-state index in [1.54, 1.807) is 39.5 Å². The molecule has 1 saturated heterocycles. The number of carbonyl (C=O) groups excluding carboxylic acids is 2. The number of methoxy groups -OCH3 is 2. The van der Waals surface area contributed by atoms with Gasteiger partial charge in [0.05, 0.1) is 19.1 Å². The smallest absolute Gasteiger partial charge is 0.265 e. The first-order chi connectivity index (χ1) is 14.4. The molecule has 0 aliphatic carbocycles. The van der Waals surface area contributed by atoms with Crippen LogP contribution >= 0.6 is 24.0 Å². The van der Waals surface area contributed by atoms with Crippen LogP contribution in [-0.4, -0.2) is 48.8 Å². The van der Waals surface area contributed by atoms with E-state index in [2.05, 4.69) is 5.32 Å². The number of likely N-dealkylation sites (N-methyl/N-ethyl adjacent to an activating group) is 1. The summed E-state index contributed by atoms with van der Waals surface area (Å²) in [6.45, 7) is 0.495. The van der Waals surface area contributed by atoms with Crippen LogP contribution in [0.3, 0.4) is 0 Å². The minimum Gasteiger partial charge on any atom is -0.493 e. The van der Waals surface area contributed by atoms with Gasteiger partial charge in [0.2, 0.25) is 0 Å². The maximum Gasteiger partial charge on any atom is 0.265 e. The standard InChI is InChI=1S/C22H22N2O4S2/c1-24-21(26)19(30-22(24)29)13-14-4-7-16(8-5-14)20(25)23-11-10-15-6-9-17(27-2)18(12-15)28-3/h4-9,12-13H,10-11H2,1-3H3,(H,23,25). The molecule has 1 N–H and O–H groups in total. The number of nitrogens with one attached hydrogen (secondary N) is 1. The number of carbonyl (C=O) groups is 2. The lowest BCUT2D eigenvalue weighted by molar-refractivity contribution is -0.121. The molecular weight excluding hydrogens is 420 g/mol. The Morgan fingerprint density at radius 3 is 2.43 bits per heavy atom. The van der Waals surface area contributed by atoms with E-state index >= 15 is 0 Å². The maximum atomic E-state index is 12.4. The Kier molecular flexibility index (Phi) is 7.12. The highest BCUT2D eigenvalue weighted by atomic mass is 32.2. The number of ether oxygens (including phenoxy) is 2. The molecule has 1 fully saturated rings. The predicted molar refractivity (Wildman–Crippen MR) is 123 cm³/mol. The van der Waals surface area contributed by atoms with Gasteiger partial charge in [0, 0.05) is 19.2 Å². The van der Waals surface area contributed by atoms with Crippen molar-refractivity contribution < 1.29 is 19.1 Å². The number of benzene rings is 2. The van der Waals surface area contributed by atoms with Gasteiger partial charge in [0.15, 0.2) is 11.5 Å². The Labute approximate surface area is 185 Å². The zero-order chi connectivity index (χ0) is 21.7. The molecule has 0 unspecified atom stereocenters. The molecular formula is C22H22N2O4S2. The highest BCUT2D eigenvalue weighted by Gasteiger charge is 2.28. The number of hydrogen-bond donors (Lipinski definition) is 1. The van der Waals surface area contributed by atoms with Crippen molar-refractivity contribution in [2.75, 3.05) is 27.8 Å². The fourth-order valence-electron chi connectivity index (χ4n) is 2.89. The molecule has 156 valence electrons. The normalized spacial score (nSPS) is 14.9. The summed E-state index contributed by atoms with van der Waals surface area (Å²) in [6.07, 6.45) is 2.45. The predicted octanol–water partition coefficient (Wildman–Crippen LogP) is 3.51. The van der Waals surface area contributed by atoms with E-state index in [9.17, 15) is 9.59 Å². The first-order valence-corrected chi connectivity index (χ1v) is 10.5. The molecule has 0 atom stereocenters. The molecule has 0 radical (unpaired) electrons. The maximum absolute atomic E-state index is 12.4. The average molecular weight is 443 g/mol. The molecule has 0 spiro atoms. The third kappa shape index (κ3) is 5.01. The van der Waals surface area contributed by atoms with Crippen LogP contribution in [0.5, 0.6) is 11.5 Å². The zero-order valence-corrected chi connectivity index (χ0v) is 18.6. The van der Waals surface area contributed by atoms with E-state index in [0.29, 0.717) is 39.3 Å². The molecule has 1 aliphatic rings. The van der Waals surface area contributed by atoms with Crippen LogP contribution in [-0.2, 0) is 11.2 Å². The lowest BCUT2D eigenvalue weighted by Gasteiger charge is -2.10. The summed E-state index contributed by atoms with van der Waals surface area (Å²) >= 11 is 6.40. The third-order valence-electron chi connectivity index (χ3n) is 4.60. The summed E-state index contributed by atoms with van der Waals surface area (Å²) in [7, 11) is 4.85. The van der Waals surface area contributed by atoms with E-state index < -0.39 is 0 Å². The molecule has 3 rings (SSSR count). The number of thiocarbonyl (C=S) groups is 1. The highest BCUT2D eigenvalue weighted by Crippen LogP contribution is 2.31. The summed E-state index contributed by atoms with van der Waals surface area (Å²) in [5, 5.41) is 2.92. The molecule has 0 bridgehead atoms. The molecule has 30 heavy (non-hydrogen) atoms. The van der Waals surface area contributed by atoms with Crippen molar-refractivity contribution in [3.63, 3.8) is 0 Å². The topological polar surface area (TPSA) is 67.9 Å². The van der Waals surface area contributed by atoms with E-state index in [1.165, 1.54) is 16.7 Å². The molecule has 0 saturated carbocycles. The van der Waals surface area contributed by atoms with Gasteiger partial charge >= 0.3 is 0 Å². The van der Waals surface area contributed by atoms with E-state index in [4.69, 9.17) is 21.7 Å². The van der Waals surface area contributed by atoms with Crippen molar-refractivity contribution in [3.8, 4) is 11.5 Å². The van der Waals surface area contributed by atoms with Crippen molar-refractivity contribution >= 4 is 46.2 Å². The molecule has 1 aliphatic heterocycles. The third-order valence-corrected chi connectivity index (χ3v) is 6.09. The number of nitrogens with zero attached hydrogens (tertiary/aromatic N) is 1. The van der Waals surface area contributed by atoms with Crippen molar-refractivity contribution in [1.29, 1.82) is 0 Å². The number of thioether (sulfide) groups is 1. The van der Waals surface area contributed by atoms with E-state index in [0.717, 1.165) is 11.1 Å². The van der Waals surface area contributed by atoms with Gasteiger partial charge in [-0.05, 0) is 47.9 Å². The average Bonchev–Trinajstić information content (AvgIpc) is 3.00. The molecule has 2 aromatic carbocycles. The molecule has 2 aromatic rings. The van der Waals surface area contributed by atoms with Gasteiger partial charge in [-0.3, -0.25) is 14.5 Å². The molecule has 0 aromatic heterocycles. The second-order valence-corrected chi connectivity index (χ2v) is 8.23. The van der Waals surface area contributed by atoms with Crippen LogP contribution < -0.4 is 14.8 Å². The van der Waals surface area contributed by atoms with Gasteiger partial charge in [0.1, 0.15) is 4.32 Å². The highest BCUT2D eigenvalue weighted by molar-refractivity contribution is 8.26. The summed E-state index contributed by atoms with van der Waals surface area (Å²) in [4.78, 5) is 26.5. The van der Waals surface area contributed by atoms with Crippen LogP contribution in [0.25, 0.3) is 6.08 Å². The van der Waals surface area contributed by atoms with Crippen LogP contribution in [0.2, 0.25) is 0 Å². The second kappa shape index (κ2) is 9.77. The monoisotopic (exact) mass is 442 g/mol. The molecule has 6 nitrogen and oxygen atoms in total. The Morgan fingerprint density at radius 2 is 1.83 bits per heavy atom. The molecule has 1 heterocycles. The van der Waals surface area contributed by atoms with Crippen LogP contribution in [0.15, 0.2) is 47.4 Å². The van der Waals surface area contributed by atoms with Gasteiger partial charge in [-0.1, -0.05) is 42.2 Å². The van der Waals surface area contributed by atoms with Crippen molar-refractivity contribution in [1.82, 2.24) is 10.2 Å². The van der Waals surface area contributed by atoms with Gasteiger partial charge in [-0.25, -0.2) is 0 Å². The van der Waals surface area contributed by atoms with Gasteiger partial charge in [0.25, 0.3) is 11.8 Å². The summed E-state index contributed by atoms with van der Waals surface area (Å²) < 4.78 is 11.1. The van der Waals surface area contributed by atoms with Crippen molar-refractivity contribution in [2.45, 2.75) is 6.42 Å². The Bertz CT molecular complexity index is 1000. The first-order valence-electron chi connectivity index (χ1n) is 9.23. The van der Waals surface area contributed by atoms with Crippen molar-refractivity contribution in [3.05, 3.63) is 64.1 Å². The number of amides is 2. The van der Waals surface area contributed by atoms with E-state index in [1.807, 2.05) is 30.3 Å². The van der Waals surface area contributed by atoms with Crippen LogP contribution in [0.1, 0.15) is 21.5 Å². The SMILES string of the molecule is COc1ccc(CCNC(=O)c2ccc(C=C3SC(=S)N(C)C3=O)cc2)cc1OC. The minimum atomic E-state index is -0.151. The van der Waals surface area contributed by atoms with Gasteiger partial charge < -0.3 is 14.8 Å². The number of rotatable bonds is 7. The fraction of sp³-hybridized carbons (Fsp3) is 0.227.